The first kappa shape index (κ1) is 48.2. The largest absolute Gasteiger partial charge is 0.462 e. The molecule has 4 unspecified atom stereocenters. The van der Waals surface area contributed by atoms with Crippen LogP contribution in [0.3, 0.4) is 0 Å². The van der Waals surface area contributed by atoms with Gasteiger partial charge in [-0.1, -0.05) is 19.9 Å². The number of H-pyrrole nitrogens is 2. The number of halogens is 1. The molecule has 12 rings (SSSR count). The van der Waals surface area contributed by atoms with Gasteiger partial charge in [0.2, 0.25) is 18.0 Å². The summed E-state index contributed by atoms with van der Waals surface area (Å²) >= 11 is 1.62. The number of ether oxygens (including phenoxy) is 4. The van der Waals surface area contributed by atoms with E-state index in [1.807, 2.05) is 67.6 Å². The fraction of sp³-hybridized carbons (Fsp3) is 0.500. The summed E-state index contributed by atoms with van der Waals surface area (Å²) in [5.41, 5.74) is 4.12. The van der Waals surface area contributed by atoms with Crippen LogP contribution in [0, 0.1) is 23.6 Å². The highest BCUT2D eigenvalue weighted by molar-refractivity contribution is 7.11. The molecule has 5 fully saturated rings. The van der Waals surface area contributed by atoms with Gasteiger partial charge in [0.1, 0.15) is 35.3 Å². The summed E-state index contributed by atoms with van der Waals surface area (Å²) in [6.45, 7) is 8.77. The summed E-state index contributed by atoms with van der Waals surface area (Å²) in [5, 5.41) is 7.22. The first-order valence-electron chi connectivity index (χ1n) is 25.8. The molecule has 3 saturated heterocycles. The lowest BCUT2D eigenvalue weighted by molar-refractivity contribution is -0.140. The van der Waals surface area contributed by atoms with Crippen molar-refractivity contribution in [1.29, 1.82) is 0 Å². The number of methoxy groups -OCH3 is 2. The Morgan fingerprint density at radius 2 is 1.61 bits per heavy atom. The number of hydrogen-bond acceptors (Lipinski definition) is 12. The molecule has 4 amide bonds. The third-order valence-electron chi connectivity index (χ3n) is 16.0. The standard InChI is InChI=1S/C54H61FN10O8S/c1-26(2)44(61-52(68)70-5)49(66)63-14-7-8-37(63)46-56-24-35(60-46)30-17-33(55)43-39-19-31-16-28(11-12-36(31)65(39)51(73-41(43)21-30)48-58-25-42(74-48)27-9-10-27)34-23-57-47(59-34)40-20-32-18-38(32)64(40)50(67)45(62-53(69)71-6)29-13-15-72-54(3,4)22-29/h11-12,16-17,19,21,23-27,29,32,37-38,40,44-45,51H,7-10,13-15,18,20,22H2,1-6H3,(H,56,60)(H,57,59)(H,61,68)(H,62,69)/t29?,32-,37+,38-,40+,44?,45?,51?/m1/s1. The van der Waals surface area contributed by atoms with Gasteiger partial charge in [-0.3, -0.25) is 14.2 Å². The molecule has 6 aromatic rings. The summed E-state index contributed by atoms with van der Waals surface area (Å²) in [6, 6.07) is 9.30. The predicted molar refractivity (Wildman–Crippen MR) is 271 cm³/mol. The number of thiazole rings is 1. The first-order chi connectivity index (χ1) is 35.7. The topological polar surface area (TPSA) is 211 Å². The lowest BCUT2D eigenvalue weighted by Gasteiger charge is -2.40. The van der Waals surface area contributed by atoms with Crippen LogP contribution < -0.4 is 15.4 Å². The van der Waals surface area contributed by atoms with Gasteiger partial charge in [0.15, 0.2) is 5.01 Å². The van der Waals surface area contributed by atoms with Crippen LogP contribution in [0.25, 0.3) is 44.7 Å². The van der Waals surface area contributed by atoms with E-state index in [1.165, 1.54) is 25.2 Å². The van der Waals surface area contributed by atoms with E-state index in [0.29, 0.717) is 84.2 Å². The normalized spacial score (nSPS) is 24.4. The van der Waals surface area contributed by atoms with E-state index < -0.39 is 41.9 Å². The fourth-order valence-electron chi connectivity index (χ4n) is 12.0. The van der Waals surface area contributed by atoms with Crippen LogP contribution in [0.5, 0.6) is 5.75 Å². The minimum Gasteiger partial charge on any atom is -0.462 e. The van der Waals surface area contributed by atoms with Gasteiger partial charge in [-0.2, -0.15) is 0 Å². The van der Waals surface area contributed by atoms with E-state index in [2.05, 4.69) is 26.7 Å². The Bertz CT molecular complexity index is 3190. The molecule has 0 spiro atoms. The van der Waals surface area contributed by atoms with Crippen LogP contribution in [0.15, 0.2) is 55.0 Å². The third-order valence-corrected chi connectivity index (χ3v) is 17.2. The summed E-state index contributed by atoms with van der Waals surface area (Å²) in [6.07, 6.45) is 10.0. The van der Waals surface area contributed by atoms with Crippen molar-refractivity contribution in [2.75, 3.05) is 27.4 Å². The van der Waals surface area contributed by atoms with E-state index in [4.69, 9.17) is 33.9 Å². The maximum atomic E-state index is 17.0. The smallest absolute Gasteiger partial charge is 0.407 e. The van der Waals surface area contributed by atoms with Crippen LogP contribution in [0.2, 0.25) is 0 Å². The van der Waals surface area contributed by atoms with Crippen LogP contribution in [-0.2, 0) is 23.8 Å². The van der Waals surface area contributed by atoms with Crippen molar-refractivity contribution < 1.29 is 42.5 Å². The number of fused-ring (bicyclic) bond motifs is 6. The highest BCUT2D eigenvalue weighted by Crippen LogP contribution is 2.54. The van der Waals surface area contributed by atoms with E-state index in [-0.39, 0.29) is 41.8 Å². The Balaban J connectivity index is 0.849. The van der Waals surface area contributed by atoms with Gasteiger partial charge in [0, 0.05) is 46.8 Å². The Morgan fingerprint density at radius 3 is 2.34 bits per heavy atom. The lowest BCUT2D eigenvalue weighted by atomic mass is 9.82. The zero-order valence-corrected chi connectivity index (χ0v) is 43.1. The van der Waals surface area contributed by atoms with Crippen LogP contribution in [0.1, 0.15) is 125 Å². The Morgan fingerprint density at radius 1 is 0.865 bits per heavy atom. The van der Waals surface area contributed by atoms with Crippen molar-refractivity contribution in [3.63, 3.8) is 0 Å². The predicted octanol–water partition coefficient (Wildman–Crippen LogP) is 9.14. The molecule has 18 nitrogen and oxygen atoms in total. The monoisotopic (exact) mass is 1030 g/mol. The van der Waals surface area contributed by atoms with E-state index >= 15 is 4.39 Å². The molecule has 4 N–H and O–H groups in total. The number of carbonyl (C=O) groups is 4. The van der Waals surface area contributed by atoms with E-state index in [9.17, 15) is 19.2 Å². The van der Waals surface area contributed by atoms with Gasteiger partial charge in [-0.05, 0) is 119 Å². The number of amides is 4. The van der Waals surface area contributed by atoms with Crippen molar-refractivity contribution in [3.8, 4) is 39.5 Å². The van der Waals surface area contributed by atoms with Gasteiger partial charge < -0.3 is 49.3 Å². The molecule has 4 aliphatic heterocycles. The summed E-state index contributed by atoms with van der Waals surface area (Å²) < 4.78 is 41.7. The van der Waals surface area contributed by atoms with Gasteiger partial charge in [-0.25, -0.2) is 28.9 Å². The average molecular weight is 1030 g/mol. The minimum absolute atomic E-state index is 0.0755. The van der Waals surface area contributed by atoms with E-state index in [1.54, 1.807) is 28.6 Å². The maximum Gasteiger partial charge on any atom is 0.407 e. The SMILES string of the molecule is COC(=O)NC(C(=O)N1CCC[C@H]1c1ncc(-c2cc(F)c3c(c2)OC(c2ncc(C4CC4)s2)n2c-3cc3cc(-c4cnc([C@@H]5C[C@H]6C[C@H]6N5C(=O)C(NC(=O)OC)C5CCOC(C)(C)C5)[nH]4)ccc32)[nH]1)C(C)C. The number of piperidine rings is 1. The molecule has 74 heavy (non-hydrogen) atoms. The zero-order chi connectivity index (χ0) is 51.3. The summed E-state index contributed by atoms with van der Waals surface area (Å²) in [7, 11) is 2.58. The Labute approximate surface area is 431 Å². The molecule has 388 valence electrons. The number of likely N-dealkylation sites (tertiary alicyclic amines) is 2. The number of carbonyl (C=O) groups excluding carboxylic acids is 4. The number of rotatable bonds is 12. The number of nitrogens with one attached hydrogen (secondary N) is 4. The Hall–Kier alpha value is -6.80. The molecule has 4 aromatic heterocycles. The molecular formula is C54H61FN10O8S. The second-order valence-corrected chi connectivity index (χ2v) is 22.9. The number of nitrogens with zero attached hydrogens (tertiary/aromatic N) is 6. The van der Waals surface area contributed by atoms with Crippen LogP contribution >= 0.6 is 11.3 Å². The number of aromatic amines is 2. The van der Waals surface area contributed by atoms with Crippen molar-refractivity contribution in [2.24, 2.45) is 17.8 Å². The van der Waals surface area contributed by atoms with Crippen molar-refractivity contribution in [2.45, 2.75) is 127 Å². The fourth-order valence-corrected chi connectivity index (χ4v) is 13.1. The summed E-state index contributed by atoms with van der Waals surface area (Å²) in [5.74, 6) is 1.34. The van der Waals surface area contributed by atoms with Crippen molar-refractivity contribution in [1.82, 2.24) is 49.9 Å². The molecule has 20 heteroatoms. The number of aromatic nitrogens is 6. The molecule has 8 heterocycles. The molecule has 2 aromatic carbocycles. The van der Waals surface area contributed by atoms with Gasteiger partial charge in [-0.15, -0.1) is 11.3 Å². The molecule has 2 aliphatic carbocycles. The third kappa shape index (κ3) is 8.66. The quantitative estimate of drug-likeness (QED) is 0.0908. The first-order valence-corrected chi connectivity index (χ1v) is 26.7. The van der Waals surface area contributed by atoms with Crippen LogP contribution in [0.4, 0.5) is 14.0 Å². The molecule has 0 bridgehead atoms. The molecule has 0 radical (unpaired) electrons. The highest BCUT2D eigenvalue weighted by atomic mass is 32.1. The van der Waals surface area contributed by atoms with Gasteiger partial charge in [0.25, 0.3) is 0 Å². The number of hydrogen-bond donors (Lipinski definition) is 4. The van der Waals surface area contributed by atoms with Crippen molar-refractivity contribution >= 4 is 46.2 Å². The molecule has 2 saturated carbocycles. The molecular weight excluding hydrogens is 968 g/mol. The second kappa shape index (κ2) is 18.5. The highest BCUT2D eigenvalue weighted by Gasteiger charge is 2.57. The number of alkyl carbamates (subject to hydrolysis) is 2. The van der Waals surface area contributed by atoms with Crippen LogP contribution in [-0.4, -0.2) is 114 Å². The summed E-state index contributed by atoms with van der Waals surface area (Å²) in [4.78, 5) is 79.7. The average Bonchev–Trinajstić information content (AvgIpc) is 3.86. The number of imidazole rings is 2. The van der Waals surface area contributed by atoms with Gasteiger partial charge >= 0.3 is 12.2 Å². The second-order valence-electron chi connectivity index (χ2n) is 21.8. The van der Waals surface area contributed by atoms with E-state index in [0.717, 1.165) is 59.3 Å². The molecule has 6 aliphatic rings. The Kier molecular flexibility index (Phi) is 12.1. The maximum absolute atomic E-state index is 17.0. The lowest BCUT2D eigenvalue weighted by Crippen LogP contribution is -2.55. The molecule has 8 atom stereocenters. The van der Waals surface area contributed by atoms with Gasteiger partial charge in [0.05, 0.1) is 72.5 Å². The van der Waals surface area contributed by atoms with Crippen molar-refractivity contribution in [3.05, 3.63) is 82.3 Å². The number of benzene rings is 2. The zero-order valence-electron chi connectivity index (χ0n) is 42.3. The minimum atomic E-state index is -0.776.